The summed E-state index contributed by atoms with van der Waals surface area (Å²) in [5.74, 6) is 2.27. The van der Waals surface area contributed by atoms with E-state index < -0.39 is 0 Å². The van der Waals surface area contributed by atoms with Gasteiger partial charge in [-0.1, -0.05) is 12.1 Å². The Morgan fingerprint density at radius 2 is 2.31 bits per heavy atom. The summed E-state index contributed by atoms with van der Waals surface area (Å²) in [5, 5.41) is 0.674. The minimum absolute atomic E-state index is 0.0632. The molecule has 0 atom stereocenters. The second-order valence-corrected chi connectivity index (χ2v) is 7.68. The third-order valence-electron chi connectivity index (χ3n) is 4.49. The SMILES string of the molecule is COc1cccc2c1OCCCN(Cc1nc3sc(C)cc3c(=O)[nH]1)C2. The minimum atomic E-state index is -0.0632. The van der Waals surface area contributed by atoms with E-state index in [1.54, 1.807) is 18.4 Å². The molecule has 3 aromatic rings. The predicted molar refractivity (Wildman–Crippen MR) is 102 cm³/mol. The molecular weight excluding hydrogens is 350 g/mol. The van der Waals surface area contributed by atoms with E-state index in [1.807, 2.05) is 25.1 Å². The molecule has 0 unspecified atom stereocenters. The highest BCUT2D eigenvalue weighted by Crippen LogP contribution is 2.33. The molecule has 1 aliphatic heterocycles. The van der Waals surface area contributed by atoms with Gasteiger partial charge in [-0.3, -0.25) is 9.69 Å². The number of aryl methyl sites for hydroxylation is 1. The second kappa shape index (κ2) is 7.09. The van der Waals surface area contributed by atoms with Gasteiger partial charge in [0, 0.05) is 23.5 Å². The summed E-state index contributed by atoms with van der Waals surface area (Å²) < 4.78 is 11.3. The highest BCUT2D eigenvalue weighted by Gasteiger charge is 2.18. The van der Waals surface area contributed by atoms with Crippen LogP contribution in [0, 0.1) is 6.92 Å². The highest BCUT2D eigenvalue weighted by atomic mass is 32.1. The number of H-pyrrole nitrogens is 1. The fraction of sp³-hybridized carbons (Fsp3) is 0.368. The molecule has 26 heavy (non-hydrogen) atoms. The Hall–Kier alpha value is -2.38. The maximum Gasteiger partial charge on any atom is 0.259 e. The number of methoxy groups -OCH3 is 1. The van der Waals surface area contributed by atoms with Crippen LogP contribution in [0.1, 0.15) is 22.7 Å². The average Bonchev–Trinajstić information content (AvgIpc) is 2.97. The van der Waals surface area contributed by atoms with Crippen molar-refractivity contribution in [3.8, 4) is 11.5 Å². The van der Waals surface area contributed by atoms with E-state index in [1.165, 1.54) is 0 Å². The smallest absolute Gasteiger partial charge is 0.259 e. The van der Waals surface area contributed by atoms with Crippen LogP contribution in [0.2, 0.25) is 0 Å². The van der Waals surface area contributed by atoms with E-state index >= 15 is 0 Å². The summed E-state index contributed by atoms with van der Waals surface area (Å²) in [5.41, 5.74) is 1.02. The summed E-state index contributed by atoms with van der Waals surface area (Å²) in [6.07, 6.45) is 0.905. The molecule has 6 nitrogen and oxygen atoms in total. The molecule has 0 amide bonds. The molecule has 1 aliphatic rings. The number of fused-ring (bicyclic) bond motifs is 2. The first-order chi connectivity index (χ1) is 12.6. The number of aromatic nitrogens is 2. The first-order valence-corrected chi connectivity index (χ1v) is 9.46. The molecule has 0 aliphatic carbocycles. The first-order valence-electron chi connectivity index (χ1n) is 8.64. The molecule has 4 rings (SSSR count). The molecule has 7 heteroatoms. The van der Waals surface area contributed by atoms with Gasteiger partial charge < -0.3 is 14.5 Å². The number of hydrogen-bond acceptors (Lipinski definition) is 6. The fourth-order valence-corrected chi connectivity index (χ4v) is 4.21. The number of nitrogens with zero attached hydrogens (tertiary/aromatic N) is 2. The zero-order chi connectivity index (χ0) is 18.1. The number of nitrogens with one attached hydrogen (secondary N) is 1. The Kier molecular flexibility index (Phi) is 4.65. The number of thiophene rings is 1. The van der Waals surface area contributed by atoms with Gasteiger partial charge in [0.2, 0.25) is 0 Å². The van der Waals surface area contributed by atoms with Crippen molar-refractivity contribution in [3.63, 3.8) is 0 Å². The van der Waals surface area contributed by atoms with E-state index in [0.29, 0.717) is 24.4 Å². The van der Waals surface area contributed by atoms with Crippen molar-refractivity contribution in [1.29, 1.82) is 0 Å². The molecule has 0 saturated heterocycles. The van der Waals surface area contributed by atoms with Gasteiger partial charge in [-0.05, 0) is 25.5 Å². The number of hydrogen-bond donors (Lipinski definition) is 1. The average molecular weight is 371 g/mol. The highest BCUT2D eigenvalue weighted by molar-refractivity contribution is 7.18. The van der Waals surface area contributed by atoms with Crippen molar-refractivity contribution in [2.75, 3.05) is 20.3 Å². The van der Waals surface area contributed by atoms with Gasteiger partial charge in [-0.2, -0.15) is 0 Å². The van der Waals surface area contributed by atoms with Gasteiger partial charge in [-0.25, -0.2) is 4.98 Å². The van der Waals surface area contributed by atoms with Crippen LogP contribution in [0.15, 0.2) is 29.1 Å². The molecule has 1 aromatic carbocycles. The lowest BCUT2D eigenvalue weighted by molar-refractivity contribution is 0.192. The van der Waals surface area contributed by atoms with Crippen molar-refractivity contribution in [2.24, 2.45) is 0 Å². The van der Waals surface area contributed by atoms with Crippen LogP contribution in [-0.4, -0.2) is 35.1 Å². The Morgan fingerprint density at radius 1 is 1.42 bits per heavy atom. The van der Waals surface area contributed by atoms with Crippen LogP contribution in [-0.2, 0) is 13.1 Å². The van der Waals surface area contributed by atoms with Crippen LogP contribution in [0.5, 0.6) is 11.5 Å². The van der Waals surface area contributed by atoms with Crippen molar-refractivity contribution >= 4 is 21.6 Å². The largest absolute Gasteiger partial charge is 0.493 e. The molecule has 0 fully saturated rings. The summed E-state index contributed by atoms with van der Waals surface area (Å²) in [6, 6.07) is 7.84. The number of ether oxygens (including phenoxy) is 2. The second-order valence-electron chi connectivity index (χ2n) is 6.45. The van der Waals surface area contributed by atoms with E-state index in [4.69, 9.17) is 9.47 Å². The Bertz CT molecular complexity index is 995. The standard InChI is InChI=1S/C19H21N3O3S/c1-12-9-14-18(23)20-16(21-19(14)26-12)11-22-7-4-8-25-17-13(10-22)5-3-6-15(17)24-2/h3,5-6,9H,4,7-8,10-11H2,1-2H3,(H,20,21,23). The lowest BCUT2D eigenvalue weighted by Crippen LogP contribution is -2.29. The monoisotopic (exact) mass is 371 g/mol. The third-order valence-corrected chi connectivity index (χ3v) is 5.43. The zero-order valence-electron chi connectivity index (χ0n) is 14.9. The molecule has 136 valence electrons. The van der Waals surface area contributed by atoms with Crippen LogP contribution < -0.4 is 15.0 Å². The van der Waals surface area contributed by atoms with Crippen molar-refractivity contribution in [3.05, 3.63) is 50.9 Å². The molecule has 0 bridgehead atoms. The molecule has 0 saturated carbocycles. The summed E-state index contributed by atoms with van der Waals surface area (Å²) in [6.45, 7) is 4.82. The molecule has 0 radical (unpaired) electrons. The quantitative estimate of drug-likeness (QED) is 0.766. The molecule has 2 aromatic heterocycles. The minimum Gasteiger partial charge on any atom is -0.493 e. The van der Waals surface area contributed by atoms with Crippen LogP contribution in [0.4, 0.5) is 0 Å². The molecule has 1 N–H and O–H groups in total. The van der Waals surface area contributed by atoms with Gasteiger partial charge in [0.15, 0.2) is 11.5 Å². The number of rotatable bonds is 3. The number of benzene rings is 1. The van der Waals surface area contributed by atoms with E-state index in [-0.39, 0.29) is 5.56 Å². The van der Waals surface area contributed by atoms with Gasteiger partial charge in [0.25, 0.3) is 5.56 Å². The van der Waals surface area contributed by atoms with Gasteiger partial charge in [0.05, 0.1) is 25.6 Å². The van der Waals surface area contributed by atoms with Crippen LogP contribution in [0.3, 0.4) is 0 Å². The maximum atomic E-state index is 12.3. The summed E-state index contributed by atoms with van der Waals surface area (Å²) >= 11 is 1.56. The topological polar surface area (TPSA) is 67.5 Å². The number of aromatic amines is 1. The number of para-hydroxylation sites is 1. The van der Waals surface area contributed by atoms with Crippen LogP contribution >= 0.6 is 11.3 Å². The van der Waals surface area contributed by atoms with Gasteiger partial charge >= 0.3 is 0 Å². The van der Waals surface area contributed by atoms with E-state index in [9.17, 15) is 4.79 Å². The summed E-state index contributed by atoms with van der Waals surface area (Å²) in [7, 11) is 1.66. The molecule has 0 spiro atoms. The normalized spacial score (nSPS) is 15.2. The van der Waals surface area contributed by atoms with Crippen molar-refractivity contribution in [1.82, 2.24) is 14.9 Å². The maximum absolute atomic E-state index is 12.3. The van der Waals surface area contributed by atoms with E-state index in [0.717, 1.165) is 46.3 Å². The van der Waals surface area contributed by atoms with E-state index in [2.05, 4.69) is 20.9 Å². The third kappa shape index (κ3) is 3.32. The zero-order valence-corrected chi connectivity index (χ0v) is 15.7. The lowest BCUT2D eigenvalue weighted by Gasteiger charge is -2.26. The van der Waals surface area contributed by atoms with Crippen molar-refractivity contribution < 1.29 is 9.47 Å². The summed E-state index contributed by atoms with van der Waals surface area (Å²) in [4.78, 5) is 24.1. The van der Waals surface area contributed by atoms with Crippen molar-refractivity contribution in [2.45, 2.75) is 26.4 Å². The first kappa shape index (κ1) is 17.1. The Morgan fingerprint density at radius 3 is 3.15 bits per heavy atom. The molecule has 3 heterocycles. The van der Waals surface area contributed by atoms with Crippen LogP contribution in [0.25, 0.3) is 10.2 Å². The lowest BCUT2D eigenvalue weighted by atomic mass is 10.1. The Balaban J connectivity index is 1.62. The molecular formula is C19H21N3O3S. The predicted octanol–water partition coefficient (Wildman–Crippen LogP) is 3.09. The fourth-order valence-electron chi connectivity index (χ4n) is 3.31. The van der Waals surface area contributed by atoms with Gasteiger partial charge in [-0.15, -0.1) is 11.3 Å². The Labute approximate surface area is 155 Å². The van der Waals surface area contributed by atoms with Gasteiger partial charge in [0.1, 0.15) is 10.7 Å².